The molecule has 1 aromatic heterocycles. The van der Waals surface area contributed by atoms with Crippen LogP contribution in [0, 0.1) is 0 Å². The Balaban J connectivity index is 1.92. The first-order valence-electron chi connectivity index (χ1n) is 5.62. The van der Waals surface area contributed by atoms with E-state index in [1.54, 1.807) is 12.4 Å². The maximum absolute atomic E-state index is 5.47. The van der Waals surface area contributed by atoms with E-state index in [-0.39, 0.29) is 0 Å². The Morgan fingerprint density at radius 2 is 1.94 bits per heavy atom. The standard InChI is InChI=1S/C13H16N4/c1-10(11-5-3-2-4-6-11)7-16-13-9-15-12(14)8-17-13/h2-6,8-10H,7H2,1H3,(H2,14,15)(H,16,17). The van der Waals surface area contributed by atoms with E-state index in [2.05, 4.69) is 46.5 Å². The van der Waals surface area contributed by atoms with Crippen molar-refractivity contribution in [2.45, 2.75) is 12.8 Å². The molecule has 0 aliphatic carbocycles. The minimum atomic E-state index is 0.426. The smallest absolute Gasteiger partial charge is 0.144 e. The highest BCUT2D eigenvalue weighted by Crippen LogP contribution is 2.15. The van der Waals surface area contributed by atoms with E-state index in [0.29, 0.717) is 11.7 Å². The molecule has 0 amide bonds. The Morgan fingerprint density at radius 1 is 1.18 bits per heavy atom. The van der Waals surface area contributed by atoms with Crippen molar-refractivity contribution in [3.05, 3.63) is 48.3 Å². The van der Waals surface area contributed by atoms with Crippen LogP contribution in [0.3, 0.4) is 0 Å². The van der Waals surface area contributed by atoms with E-state index < -0.39 is 0 Å². The van der Waals surface area contributed by atoms with Gasteiger partial charge in [-0.25, -0.2) is 9.97 Å². The molecule has 0 spiro atoms. The zero-order chi connectivity index (χ0) is 12.1. The molecule has 0 saturated heterocycles. The summed E-state index contributed by atoms with van der Waals surface area (Å²) < 4.78 is 0. The normalized spacial score (nSPS) is 12.1. The third kappa shape index (κ3) is 3.17. The summed E-state index contributed by atoms with van der Waals surface area (Å²) in [5.74, 6) is 1.61. The van der Waals surface area contributed by atoms with Gasteiger partial charge >= 0.3 is 0 Å². The average molecular weight is 228 g/mol. The molecule has 0 radical (unpaired) electrons. The van der Waals surface area contributed by atoms with Crippen LogP contribution in [-0.2, 0) is 0 Å². The Hall–Kier alpha value is -2.10. The van der Waals surface area contributed by atoms with Crippen molar-refractivity contribution in [3.63, 3.8) is 0 Å². The van der Waals surface area contributed by atoms with Crippen molar-refractivity contribution < 1.29 is 0 Å². The molecule has 88 valence electrons. The molecule has 0 aliphatic rings. The molecule has 0 aliphatic heterocycles. The monoisotopic (exact) mass is 228 g/mol. The van der Waals surface area contributed by atoms with Gasteiger partial charge in [0.25, 0.3) is 0 Å². The van der Waals surface area contributed by atoms with Crippen molar-refractivity contribution in [2.24, 2.45) is 0 Å². The van der Waals surface area contributed by atoms with Crippen LogP contribution in [0.15, 0.2) is 42.7 Å². The number of benzene rings is 1. The third-order valence-electron chi connectivity index (χ3n) is 2.63. The second-order valence-corrected chi connectivity index (χ2v) is 4.02. The number of nitrogens with zero attached hydrogens (tertiary/aromatic N) is 2. The molecule has 1 heterocycles. The fourth-order valence-electron chi connectivity index (χ4n) is 1.59. The van der Waals surface area contributed by atoms with Gasteiger partial charge in [0.15, 0.2) is 0 Å². The molecule has 1 unspecified atom stereocenters. The summed E-state index contributed by atoms with van der Waals surface area (Å²) in [5.41, 5.74) is 6.78. The molecule has 0 saturated carbocycles. The highest BCUT2D eigenvalue weighted by atomic mass is 15.0. The summed E-state index contributed by atoms with van der Waals surface area (Å²) in [6.07, 6.45) is 3.20. The van der Waals surface area contributed by atoms with Crippen molar-refractivity contribution in [2.75, 3.05) is 17.6 Å². The number of anilines is 2. The van der Waals surface area contributed by atoms with Crippen molar-refractivity contribution in [1.29, 1.82) is 0 Å². The topological polar surface area (TPSA) is 63.8 Å². The summed E-state index contributed by atoms with van der Waals surface area (Å²) in [5, 5.41) is 3.24. The number of aromatic nitrogens is 2. The Kier molecular flexibility index (Phi) is 3.55. The minimum Gasteiger partial charge on any atom is -0.382 e. The van der Waals surface area contributed by atoms with E-state index in [0.717, 1.165) is 12.4 Å². The number of rotatable bonds is 4. The van der Waals surface area contributed by atoms with Crippen molar-refractivity contribution >= 4 is 11.6 Å². The van der Waals surface area contributed by atoms with Crippen molar-refractivity contribution in [1.82, 2.24) is 9.97 Å². The van der Waals surface area contributed by atoms with E-state index in [1.165, 1.54) is 5.56 Å². The van der Waals surface area contributed by atoms with Gasteiger partial charge in [-0.3, -0.25) is 0 Å². The van der Waals surface area contributed by atoms with Crippen LogP contribution in [0.2, 0.25) is 0 Å². The highest BCUT2D eigenvalue weighted by molar-refractivity contribution is 5.36. The van der Waals surface area contributed by atoms with Gasteiger partial charge in [0, 0.05) is 6.54 Å². The lowest BCUT2D eigenvalue weighted by atomic mass is 10.0. The lowest BCUT2D eigenvalue weighted by Crippen LogP contribution is -2.11. The largest absolute Gasteiger partial charge is 0.382 e. The zero-order valence-electron chi connectivity index (χ0n) is 9.80. The number of nitrogen functional groups attached to an aromatic ring is 1. The van der Waals surface area contributed by atoms with Gasteiger partial charge in [0.05, 0.1) is 12.4 Å². The number of hydrogen-bond donors (Lipinski definition) is 2. The lowest BCUT2D eigenvalue weighted by Gasteiger charge is -2.13. The van der Waals surface area contributed by atoms with Gasteiger partial charge in [0.2, 0.25) is 0 Å². The first-order valence-corrected chi connectivity index (χ1v) is 5.62. The first-order chi connectivity index (χ1) is 8.25. The third-order valence-corrected chi connectivity index (χ3v) is 2.63. The Labute approximate surface area is 101 Å². The molecule has 4 nitrogen and oxygen atoms in total. The van der Waals surface area contributed by atoms with Crippen LogP contribution >= 0.6 is 0 Å². The summed E-state index contributed by atoms with van der Waals surface area (Å²) in [4.78, 5) is 8.13. The van der Waals surface area contributed by atoms with Crippen molar-refractivity contribution in [3.8, 4) is 0 Å². The zero-order valence-corrected chi connectivity index (χ0v) is 9.80. The SMILES string of the molecule is CC(CNc1cnc(N)cn1)c1ccccc1. The fourth-order valence-corrected chi connectivity index (χ4v) is 1.59. The van der Waals surface area contributed by atoms with Gasteiger partial charge in [-0.2, -0.15) is 0 Å². The summed E-state index contributed by atoms with van der Waals surface area (Å²) in [7, 11) is 0. The van der Waals surface area contributed by atoms with E-state index in [4.69, 9.17) is 5.73 Å². The predicted octanol–water partition coefficient (Wildman–Crippen LogP) is 2.27. The second kappa shape index (κ2) is 5.30. The molecule has 1 atom stereocenters. The number of nitrogens with one attached hydrogen (secondary N) is 1. The number of nitrogens with two attached hydrogens (primary N) is 1. The van der Waals surface area contributed by atoms with Crippen LogP contribution in [0.1, 0.15) is 18.4 Å². The molecule has 1 aromatic carbocycles. The first kappa shape index (κ1) is 11.4. The summed E-state index contributed by atoms with van der Waals surface area (Å²) in [6.45, 7) is 3.00. The van der Waals surface area contributed by atoms with Gasteiger partial charge in [-0.15, -0.1) is 0 Å². The van der Waals surface area contributed by atoms with E-state index in [9.17, 15) is 0 Å². The van der Waals surface area contributed by atoms with Crippen LogP contribution in [-0.4, -0.2) is 16.5 Å². The van der Waals surface area contributed by atoms with Crippen LogP contribution < -0.4 is 11.1 Å². The molecule has 3 N–H and O–H groups in total. The second-order valence-electron chi connectivity index (χ2n) is 4.02. The molecular weight excluding hydrogens is 212 g/mol. The maximum atomic E-state index is 5.47. The van der Waals surface area contributed by atoms with Crippen LogP contribution in [0.4, 0.5) is 11.6 Å². The molecule has 2 rings (SSSR count). The van der Waals surface area contributed by atoms with E-state index in [1.807, 2.05) is 6.07 Å². The minimum absolute atomic E-state index is 0.426. The average Bonchev–Trinajstić information content (AvgIpc) is 2.39. The van der Waals surface area contributed by atoms with Gasteiger partial charge < -0.3 is 11.1 Å². The van der Waals surface area contributed by atoms with E-state index >= 15 is 0 Å². The highest BCUT2D eigenvalue weighted by Gasteiger charge is 2.04. The van der Waals surface area contributed by atoms with Gasteiger partial charge in [0.1, 0.15) is 11.6 Å². The Morgan fingerprint density at radius 3 is 2.59 bits per heavy atom. The summed E-state index contributed by atoms with van der Waals surface area (Å²) >= 11 is 0. The molecular formula is C13H16N4. The molecule has 4 heteroatoms. The molecule has 2 aromatic rings. The van der Waals surface area contributed by atoms with Gasteiger partial charge in [-0.05, 0) is 11.5 Å². The lowest BCUT2D eigenvalue weighted by molar-refractivity contribution is 0.801. The molecule has 0 fully saturated rings. The molecule has 0 bridgehead atoms. The summed E-state index contributed by atoms with van der Waals surface area (Å²) in [6, 6.07) is 10.4. The van der Waals surface area contributed by atoms with Gasteiger partial charge in [-0.1, -0.05) is 37.3 Å². The van der Waals surface area contributed by atoms with Crippen LogP contribution in [0.5, 0.6) is 0 Å². The number of hydrogen-bond acceptors (Lipinski definition) is 4. The fraction of sp³-hybridized carbons (Fsp3) is 0.231. The maximum Gasteiger partial charge on any atom is 0.144 e. The van der Waals surface area contributed by atoms with Crippen LogP contribution in [0.25, 0.3) is 0 Å². The predicted molar refractivity (Wildman–Crippen MR) is 69.8 cm³/mol. The Bertz CT molecular complexity index is 453. The quantitative estimate of drug-likeness (QED) is 0.842. The molecule has 17 heavy (non-hydrogen) atoms.